The lowest BCUT2D eigenvalue weighted by molar-refractivity contribution is 0.0514. The zero-order valence-electron chi connectivity index (χ0n) is 31.3. The van der Waals surface area contributed by atoms with Crippen molar-refractivity contribution in [3.8, 4) is 0 Å². The molecule has 298 valence electrons. The van der Waals surface area contributed by atoms with Gasteiger partial charge in [-0.25, -0.2) is 19.6 Å². The van der Waals surface area contributed by atoms with Crippen molar-refractivity contribution in [2.75, 3.05) is 51.0 Å². The van der Waals surface area contributed by atoms with Crippen molar-refractivity contribution in [3.05, 3.63) is 116 Å². The maximum atomic E-state index is 12.0. The van der Waals surface area contributed by atoms with E-state index in [1.165, 1.54) is 35.3 Å². The van der Waals surface area contributed by atoms with Gasteiger partial charge in [-0.05, 0) is 70.0 Å². The summed E-state index contributed by atoms with van der Waals surface area (Å²) >= 11 is 1.30. The molecule has 2 aliphatic heterocycles. The number of piperidine rings is 2. The van der Waals surface area contributed by atoms with E-state index in [2.05, 4.69) is 94.4 Å². The minimum Gasteiger partial charge on any atom is -0.462 e. The molecule has 2 aliphatic rings. The Kier molecular flexibility index (Phi) is 19.3. The number of ether oxygens (including phenoxy) is 2. The standard InChI is InChI=1S/C19H24N4O3.C12H18N2.C8H10N2O3S.CH4/c1-2-26-18(25)16-12-20-19(22-17(16)24)21-15-8-10-23(11-9-15)13-14-6-4-3-5-7-14;13-12-6-8-14(9-7-12)10-11-4-2-1-3-5-11;1-3-13-7(12)5-4-9-8(14-2)10-6(5)11;/h3-7,12,15H,2,8-11,13H2,1H3,(H2,20,21,22,24);1-5,12H,6-10,13H2;4H,3H2,1-2H3,(H,9,10,11);1H4. The Bertz CT molecular complexity index is 1840. The van der Waals surface area contributed by atoms with Crippen LogP contribution < -0.4 is 22.2 Å². The molecule has 14 nitrogen and oxygen atoms in total. The molecule has 0 bridgehead atoms. The first-order valence-corrected chi connectivity index (χ1v) is 19.5. The maximum absolute atomic E-state index is 12.0. The highest BCUT2D eigenvalue weighted by atomic mass is 32.2. The van der Waals surface area contributed by atoms with Crippen molar-refractivity contribution < 1.29 is 19.1 Å². The van der Waals surface area contributed by atoms with Gasteiger partial charge in [0.15, 0.2) is 5.16 Å². The highest BCUT2D eigenvalue weighted by Gasteiger charge is 2.21. The SMILES string of the molecule is C.CCOC(=O)c1cnc(NC2CCN(Cc3ccccc3)CC2)[nH]c1=O.CCOC(=O)c1cnc(SC)[nH]c1=O.NC1CCN(Cc2ccccc2)CC1. The Labute approximate surface area is 327 Å². The normalized spacial score (nSPS) is 14.9. The number of carbonyl (C=O) groups excluding carboxylic acids is 2. The summed E-state index contributed by atoms with van der Waals surface area (Å²) in [7, 11) is 0. The van der Waals surface area contributed by atoms with E-state index in [4.69, 9.17) is 10.5 Å². The van der Waals surface area contributed by atoms with E-state index in [0.717, 1.165) is 65.0 Å². The zero-order chi connectivity index (χ0) is 38.7. The topological polar surface area (TPSA) is 189 Å². The molecule has 0 amide bonds. The van der Waals surface area contributed by atoms with Crippen LogP contribution in [0.3, 0.4) is 0 Å². The number of aromatic amines is 2. The predicted octanol–water partition coefficient (Wildman–Crippen LogP) is 4.94. The monoisotopic (exact) mass is 776 g/mol. The van der Waals surface area contributed by atoms with Crippen LogP contribution in [0.15, 0.2) is 87.8 Å². The molecule has 2 aromatic carbocycles. The Hall–Kier alpha value is -4.83. The number of hydrogen-bond acceptors (Lipinski definition) is 13. The third-order valence-electron chi connectivity index (χ3n) is 8.82. The number of nitrogens with two attached hydrogens (primary N) is 1. The Morgan fingerprint density at radius 1 is 0.764 bits per heavy atom. The molecule has 2 aromatic heterocycles. The molecule has 0 radical (unpaired) electrons. The number of nitrogens with zero attached hydrogens (tertiary/aromatic N) is 4. The summed E-state index contributed by atoms with van der Waals surface area (Å²) in [4.78, 5) is 64.1. The smallest absolute Gasteiger partial charge is 0.345 e. The van der Waals surface area contributed by atoms with Crippen LogP contribution in [0.4, 0.5) is 5.95 Å². The summed E-state index contributed by atoms with van der Waals surface area (Å²) in [6, 6.07) is 21.8. The fraction of sp³-hybridized carbons (Fsp3) is 0.450. The third-order valence-corrected chi connectivity index (χ3v) is 9.41. The average Bonchev–Trinajstić information content (AvgIpc) is 3.18. The number of anilines is 1. The predicted molar refractivity (Wildman–Crippen MR) is 217 cm³/mol. The summed E-state index contributed by atoms with van der Waals surface area (Å²) in [5.41, 5.74) is 7.50. The van der Waals surface area contributed by atoms with Crippen molar-refractivity contribution in [2.24, 2.45) is 5.73 Å². The number of esters is 2. The number of nitrogens with one attached hydrogen (secondary N) is 3. The first-order valence-electron chi connectivity index (χ1n) is 18.3. The van der Waals surface area contributed by atoms with E-state index in [1.54, 1.807) is 20.1 Å². The third kappa shape index (κ3) is 15.1. The largest absolute Gasteiger partial charge is 0.462 e. The first kappa shape index (κ1) is 44.6. The molecule has 5 N–H and O–H groups in total. The fourth-order valence-electron chi connectivity index (χ4n) is 5.88. The molecule has 15 heteroatoms. The average molecular weight is 777 g/mol. The Balaban J connectivity index is 0.000000238. The fourth-order valence-corrected chi connectivity index (χ4v) is 6.23. The van der Waals surface area contributed by atoms with Gasteiger partial charge in [0.25, 0.3) is 11.1 Å². The molecule has 2 saturated heterocycles. The summed E-state index contributed by atoms with van der Waals surface area (Å²) < 4.78 is 9.51. The Morgan fingerprint density at radius 3 is 1.65 bits per heavy atom. The molecule has 0 spiro atoms. The molecule has 2 fully saturated rings. The minimum atomic E-state index is -0.651. The van der Waals surface area contributed by atoms with Gasteiger partial charge >= 0.3 is 11.9 Å². The molecular weight excluding hydrogens is 721 g/mol. The van der Waals surface area contributed by atoms with E-state index >= 15 is 0 Å². The van der Waals surface area contributed by atoms with Crippen molar-refractivity contribution in [1.82, 2.24) is 29.7 Å². The van der Waals surface area contributed by atoms with Crippen molar-refractivity contribution in [2.45, 2.75) is 77.3 Å². The second-order valence-corrected chi connectivity index (χ2v) is 13.6. The number of thioether (sulfide) groups is 1. The molecule has 0 saturated carbocycles. The second-order valence-electron chi connectivity index (χ2n) is 12.8. The van der Waals surface area contributed by atoms with Crippen LogP contribution in [0, 0.1) is 0 Å². The molecule has 0 aliphatic carbocycles. The summed E-state index contributed by atoms with van der Waals surface area (Å²) in [5.74, 6) is -0.902. The number of likely N-dealkylation sites (tertiary alicyclic amines) is 2. The lowest BCUT2D eigenvalue weighted by Gasteiger charge is -2.32. The van der Waals surface area contributed by atoms with Crippen molar-refractivity contribution >= 4 is 29.6 Å². The summed E-state index contributed by atoms with van der Waals surface area (Å²) in [6.07, 6.45) is 8.50. The molecular formula is C40H56N8O6S. The van der Waals surface area contributed by atoms with Gasteiger partial charge < -0.3 is 25.5 Å². The number of rotatable bonds is 11. The van der Waals surface area contributed by atoms with Gasteiger partial charge in [0.05, 0.1) is 19.4 Å². The van der Waals surface area contributed by atoms with Crippen LogP contribution in [0.2, 0.25) is 0 Å². The van der Waals surface area contributed by atoms with Crippen molar-refractivity contribution in [1.29, 1.82) is 0 Å². The summed E-state index contributed by atoms with van der Waals surface area (Å²) in [6.45, 7) is 10.1. The quantitative estimate of drug-likeness (QED) is 0.0912. The number of H-pyrrole nitrogens is 2. The zero-order valence-corrected chi connectivity index (χ0v) is 32.1. The van der Waals surface area contributed by atoms with Gasteiger partial charge in [0.1, 0.15) is 11.1 Å². The molecule has 4 heterocycles. The number of carbonyl (C=O) groups is 2. The number of hydrogen-bond donors (Lipinski definition) is 4. The summed E-state index contributed by atoms with van der Waals surface area (Å²) in [5, 5.41) is 3.73. The maximum Gasteiger partial charge on any atom is 0.345 e. The molecule has 0 atom stereocenters. The van der Waals surface area contributed by atoms with E-state index in [1.807, 2.05) is 6.07 Å². The minimum absolute atomic E-state index is 0. The highest BCUT2D eigenvalue weighted by molar-refractivity contribution is 7.98. The van der Waals surface area contributed by atoms with Crippen molar-refractivity contribution in [3.63, 3.8) is 0 Å². The first-order chi connectivity index (χ1) is 26.2. The van der Waals surface area contributed by atoms with Gasteiger partial charge in [-0.2, -0.15) is 0 Å². The van der Waals surface area contributed by atoms with E-state index in [-0.39, 0.29) is 37.8 Å². The van der Waals surface area contributed by atoms with Gasteiger partial charge in [-0.1, -0.05) is 79.9 Å². The van der Waals surface area contributed by atoms with Gasteiger partial charge in [0, 0.05) is 44.5 Å². The number of benzene rings is 2. The number of aromatic nitrogens is 4. The van der Waals surface area contributed by atoms with E-state index in [0.29, 0.717) is 17.1 Å². The van der Waals surface area contributed by atoms with Gasteiger partial charge in [0.2, 0.25) is 5.95 Å². The van der Waals surface area contributed by atoms with Crippen LogP contribution in [-0.4, -0.2) is 99.4 Å². The molecule has 55 heavy (non-hydrogen) atoms. The van der Waals surface area contributed by atoms with E-state index < -0.39 is 23.1 Å². The second kappa shape index (κ2) is 23.8. The Morgan fingerprint density at radius 2 is 1.22 bits per heavy atom. The van der Waals surface area contributed by atoms with Gasteiger partial charge in [-0.3, -0.25) is 24.4 Å². The van der Waals surface area contributed by atoms with E-state index in [9.17, 15) is 19.2 Å². The molecule has 6 rings (SSSR count). The lowest BCUT2D eigenvalue weighted by Crippen LogP contribution is -2.39. The van der Waals surface area contributed by atoms with Crippen LogP contribution in [0.25, 0.3) is 0 Å². The molecule has 0 unspecified atom stereocenters. The van der Waals surface area contributed by atoms with Crippen LogP contribution >= 0.6 is 11.8 Å². The van der Waals surface area contributed by atoms with Crippen LogP contribution in [-0.2, 0) is 22.6 Å². The van der Waals surface area contributed by atoms with Crippen LogP contribution in [0.5, 0.6) is 0 Å². The van der Waals surface area contributed by atoms with Gasteiger partial charge in [-0.15, -0.1) is 0 Å². The van der Waals surface area contributed by atoms with Crippen LogP contribution in [0.1, 0.15) is 78.8 Å². The highest BCUT2D eigenvalue weighted by Crippen LogP contribution is 2.16. The lowest BCUT2D eigenvalue weighted by atomic mass is 10.0. The molecule has 4 aromatic rings.